The Kier molecular flexibility index (Phi) is 6.99. The summed E-state index contributed by atoms with van der Waals surface area (Å²) in [7, 11) is -2.15. The summed E-state index contributed by atoms with van der Waals surface area (Å²) in [5.74, 6) is -0.340. The van der Waals surface area contributed by atoms with E-state index in [0.29, 0.717) is 18.7 Å². The molecule has 0 spiro atoms. The molecule has 0 fully saturated rings. The number of carbonyl (C=O) groups excluding carboxylic acids is 1. The third-order valence-electron chi connectivity index (χ3n) is 3.26. The van der Waals surface area contributed by atoms with E-state index in [4.69, 9.17) is 4.74 Å². The Bertz CT molecular complexity index is 614. The van der Waals surface area contributed by atoms with Gasteiger partial charge in [0.05, 0.1) is 18.0 Å². The highest BCUT2D eigenvalue weighted by Crippen LogP contribution is 2.20. The van der Waals surface area contributed by atoms with Gasteiger partial charge in [-0.2, -0.15) is 4.31 Å². The lowest BCUT2D eigenvalue weighted by atomic mass is 10.2. The van der Waals surface area contributed by atoms with Crippen molar-refractivity contribution in [3.63, 3.8) is 0 Å². The zero-order valence-corrected chi connectivity index (χ0v) is 14.4. The van der Waals surface area contributed by atoms with Crippen LogP contribution in [-0.4, -0.2) is 52.0 Å². The van der Waals surface area contributed by atoms with Gasteiger partial charge in [-0.3, -0.25) is 4.79 Å². The van der Waals surface area contributed by atoms with E-state index in [1.165, 1.54) is 11.4 Å². The number of benzene rings is 1. The van der Waals surface area contributed by atoms with Crippen LogP contribution in [-0.2, 0) is 19.6 Å². The molecule has 124 valence electrons. The summed E-state index contributed by atoms with van der Waals surface area (Å²) >= 11 is 0. The van der Waals surface area contributed by atoms with Crippen molar-refractivity contribution in [2.75, 3.05) is 33.4 Å². The molecule has 0 unspecified atom stereocenters. The maximum atomic E-state index is 12.7. The van der Waals surface area contributed by atoms with Crippen LogP contribution >= 0.6 is 0 Å². The molecule has 0 saturated carbocycles. The van der Waals surface area contributed by atoms with Crippen LogP contribution in [0, 0.1) is 13.8 Å². The van der Waals surface area contributed by atoms with Gasteiger partial charge in [0, 0.05) is 20.2 Å². The lowest BCUT2D eigenvalue weighted by Crippen LogP contribution is -2.41. The van der Waals surface area contributed by atoms with Crippen LogP contribution in [0.15, 0.2) is 23.1 Å². The average molecular weight is 328 g/mol. The van der Waals surface area contributed by atoms with Crippen molar-refractivity contribution >= 4 is 15.9 Å². The van der Waals surface area contributed by atoms with Gasteiger partial charge in [0.25, 0.3) is 0 Å². The normalized spacial score (nSPS) is 11.7. The number of hydrogen-bond donors (Lipinski definition) is 1. The Balaban J connectivity index is 2.93. The molecule has 1 N–H and O–H groups in total. The summed E-state index contributed by atoms with van der Waals surface area (Å²) < 4.78 is 31.5. The standard InChI is InChI=1S/C15H24N2O4S/c1-5-17(11-15(18)16-8-9-21-4)22(19,20)14-10-12(2)6-7-13(14)3/h6-7,10H,5,8-9,11H2,1-4H3,(H,16,18). The second kappa shape index (κ2) is 8.26. The summed E-state index contributed by atoms with van der Waals surface area (Å²) in [5, 5.41) is 2.63. The molecule has 7 heteroatoms. The van der Waals surface area contributed by atoms with E-state index in [2.05, 4.69) is 5.32 Å². The molecule has 1 aromatic rings. The number of rotatable bonds is 8. The fraction of sp³-hybridized carbons (Fsp3) is 0.533. The van der Waals surface area contributed by atoms with Crippen molar-refractivity contribution < 1.29 is 17.9 Å². The zero-order valence-electron chi connectivity index (χ0n) is 13.5. The van der Waals surface area contributed by atoms with Crippen LogP contribution in [0.4, 0.5) is 0 Å². The van der Waals surface area contributed by atoms with E-state index in [1.807, 2.05) is 13.0 Å². The molecule has 1 rings (SSSR count). The number of aryl methyl sites for hydroxylation is 2. The third kappa shape index (κ3) is 4.79. The molecular formula is C15H24N2O4S. The molecule has 1 aromatic carbocycles. The summed E-state index contributed by atoms with van der Waals surface area (Å²) in [4.78, 5) is 12.1. The average Bonchev–Trinajstić information content (AvgIpc) is 2.47. The van der Waals surface area contributed by atoms with E-state index in [-0.39, 0.29) is 23.9 Å². The number of nitrogens with one attached hydrogen (secondary N) is 1. The van der Waals surface area contributed by atoms with Gasteiger partial charge in [-0.15, -0.1) is 0 Å². The Morgan fingerprint density at radius 1 is 1.32 bits per heavy atom. The van der Waals surface area contributed by atoms with Crippen LogP contribution in [0.25, 0.3) is 0 Å². The minimum absolute atomic E-state index is 0.198. The van der Waals surface area contributed by atoms with Gasteiger partial charge in [0.1, 0.15) is 0 Å². The Hall–Kier alpha value is -1.44. The number of sulfonamides is 1. The van der Waals surface area contributed by atoms with Crippen molar-refractivity contribution in [1.82, 2.24) is 9.62 Å². The predicted molar refractivity (Wildman–Crippen MR) is 85.2 cm³/mol. The molecule has 0 saturated heterocycles. The van der Waals surface area contributed by atoms with Gasteiger partial charge in [-0.1, -0.05) is 19.1 Å². The quantitative estimate of drug-likeness (QED) is 0.725. The van der Waals surface area contributed by atoms with E-state index in [9.17, 15) is 13.2 Å². The first-order valence-corrected chi connectivity index (χ1v) is 8.60. The molecule has 0 aliphatic heterocycles. The molecule has 0 bridgehead atoms. The number of methoxy groups -OCH3 is 1. The van der Waals surface area contributed by atoms with E-state index >= 15 is 0 Å². The van der Waals surface area contributed by atoms with E-state index in [1.54, 1.807) is 26.0 Å². The minimum atomic E-state index is -3.69. The maximum Gasteiger partial charge on any atom is 0.243 e. The molecule has 0 aliphatic rings. The fourth-order valence-corrected chi connectivity index (χ4v) is 3.71. The number of amides is 1. The van der Waals surface area contributed by atoms with Gasteiger partial charge in [-0.05, 0) is 31.0 Å². The highest BCUT2D eigenvalue weighted by atomic mass is 32.2. The summed E-state index contributed by atoms with van der Waals surface area (Å²) in [6, 6.07) is 5.27. The topological polar surface area (TPSA) is 75.7 Å². The van der Waals surface area contributed by atoms with Gasteiger partial charge < -0.3 is 10.1 Å². The van der Waals surface area contributed by atoms with Crippen molar-refractivity contribution in [2.24, 2.45) is 0 Å². The maximum absolute atomic E-state index is 12.7. The molecule has 0 atom stereocenters. The molecular weight excluding hydrogens is 304 g/mol. The number of hydrogen-bond acceptors (Lipinski definition) is 4. The SMILES string of the molecule is CCN(CC(=O)NCCOC)S(=O)(=O)c1cc(C)ccc1C. The van der Waals surface area contributed by atoms with E-state index < -0.39 is 10.0 Å². The first kappa shape index (κ1) is 18.6. The molecule has 1 amide bonds. The van der Waals surface area contributed by atoms with Gasteiger partial charge in [0.2, 0.25) is 15.9 Å². The molecule has 6 nitrogen and oxygen atoms in total. The number of likely N-dealkylation sites (N-methyl/N-ethyl adjacent to an activating group) is 1. The van der Waals surface area contributed by atoms with Crippen LogP contribution < -0.4 is 5.32 Å². The molecule has 22 heavy (non-hydrogen) atoms. The molecule has 0 radical (unpaired) electrons. The molecule has 0 aliphatic carbocycles. The van der Waals surface area contributed by atoms with Crippen LogP contribution in [0.1, 0.15) is 18.1 Å². The molecule has 0 heterocycles. The number of nitrogens with zero attached hydrogens (tertiary/aromatic N) is 1. The number of ether oxygens (including phenoxy) is 1. The first-order chi connectivity index (χ1) is 10.3. The van der Waals surface area contributed by atoms with E-state index in [0.717, 1.165) is 5.56 Å². The van der Waals surface area contributed by atoms with Crippen LogP contribution in [0.2, 0.25) is 0 Å². The van der Waals surface area contributed by atoms with Gasteiger partial charge in [-0.25, -0.2) is 8.42 Å². The highest BCUT2D eigenvalue weighted by Gasteiger charge is 2.26. The summed E-state index contributed by atoms with van der Waals surface area (Å²) in [6.07, 6.45) is 0. The fourth-order valence-electron chi connectivity index (χ4n) is 2.00. The zero-order chi connectivity index (χ0) is 16.8. The minimum Gasteiger partial charge on any atom is -0.383 e. The highest BCUT2D eigenvalue weighted by molar-refractivity contribution is 7.89. The van der Waals surface area contributed by atoms with Gasteiger partial charge >= 0.3 is 0 Å². The lowest BCUT2D eigenvalue weighted by molar-refractivity contribution is -0.121. The second-order valence-electron chi connectivity index (χ2n) is 5.04. The monoisotopic (exact) mass is 328 g/mol. The van der Waals surface area contributed by atoms with Crippen LogP contribution in [0.3, 0.4) is 0 Å². The van der Waals surface area contributed by atoms with Crippen molar-refractivity contribution in [2.45, 2.75) is 25.7 Å². The van der Waals surface area contributed by atoms with Crippen molar-refractivity contribution in [3.8, 4) is 0 Å². The number of carbonyl (C=O) groups is 1. The Morgan fingerprint density at radius 2 is 2.00 bits per heavy atom. The predicted octanol–water partition coefficient (Wildman–Crippen LogP) is 1.08. The van der Waals surface area contributed by atoms with Crippen LogP contribution in [0.5, 0.6) is 0 Å². The lowest BCUT2D eigenvalue weighted by Gasteiger charge is -2.21. The Morgan fingerprint density at radius 3 is 2.59 bits per heavy atom. The summed E-state index contributed by atoms with van der Waals surface area (Å²) in [6.45, 7) is 6.08. The molecule has 0 aromatic heterocycles. The van der Waals surface area contributed by atoms with Crippen molar-refractivity contribution in [3.05, 3.63) is 29.3 Å². The summed E-state index contributed by atoms with van der Waals surface area (Å²) in [5.41, 5.74) is 1.54. The first-order valence-electron chi connectivity index (χ1n) is 7.16. The second-order valence-corrected chi connectivity index (χ2v) is 6.95. The Labute approximate surface area is 132 Å². The third-order valence-corrected chi connectivity index (χ3v) is 5.33. The van der Waals surface area contributed by atoms with Crippen molar-refractivity contribution in [1.29, 1.82) is 0 Å². The van der Waals surface area contributed by atoms with Gasteiger partial charge in [0.15, 0.2) is 0 Å². The smallest absolute Gasteiger partial charge is 0.243 e. The largest absolute Gasteiger partial charge is 0.383 e.